The van der Waals surface area contributed by atoms with Gasteiger partial charge in [0.25, 0.3) is 0 Å². The van der Waals surface area contributed by atoms with E-state index in [-0.39, 0.29) is 6.61 Å². The molecule has 0 bridgehead atoms. The van der Waals surface area contributed by atoms with E-state index in [1.54, 1.807) is 18.2 Å². The van der Waals surface area contributed by atoms with Gasteiger partial charge in [0.1, 0.15) is 3.72 Å². The van der Waals surface area contributed by atoms with Gasteiger partial charge in [0.15, 0.2) is 0 Å². The van der Waals surface area contributed by atoms with Gasteiger partial charge in [-0.05, 0) is 58.8 Å². The number of anilines is 2. The van der Waals surface area contributed by atoms with Crippen LogP contribution in [0.25, 0.3) is 0 Å². The molecule has 0 spiro atoms. The lowest BCUT2D eigenvalue weighted by Crippen LogP contribution is -2.04. The van der Waals surface area contributed by atoms with Crippen molar-refractivity contribution in [2.75, 3.05) is 5.32 Å². The van der Waals surface area contributed by atoms with Crippen LogP contribution in [0.2, 0.25) is 0 Å². The molecule has 4 nitrogen and oxygen atoms in total. The first kappa shape index (κ1) is 14.9. The van der Waals surface area contributed by atoms with Gasteiger partial charge >= 0.3 is 0 Å². The van der Waals surface area contributed by atoms with Crippen LogP contribution in [0.5, 0.6) is 0 Å². The Balaban J connectivity index is 2.47. The molecule has 2 rings (SSSR count). The van der Waals surface area contributed by atoms with Crippen molar-refractivity contribution in [3.8, 4) is 0 Å². The van der Waals surface area contributed by atoms with Crippen molar-refractivity contribution in [2.24, 2.45) is 0 Å². The highest BCUT2D eigenvalue weighted by Gasteiger charge is 2.12. The van der Waals surface area contributed by atoms with Crippen LogP contribution < -0.4 is 5.32 Å². The molecule has 0 aliphatic heterocycles. The van der Waals surface area contributed by atoms with E-state index in [4.69, 9.17) is 5.41 Å². The Hall–Kier alpha value is -1.54. The number of aromatic nitrogens is 1. The number of hydrogen-bond acceptors (Lipinski definition) is 4. The number of pyridine rings is 1. The second kappa shape index (κ2) is 6.27. The molecule has 6 heteroatoms. The fourth-order valence-electron chi connectivity index (χ4n) is 1.86. The first-order valence-electron chi connectivity index (χ1n) is 5.89. The quantitative estimate of drug-likeness (QED) is 0.429. The molecule has 3 N–H and O–H groups in total. The van der Waals surface area contributed by atoms with E-state index >= 15 is 0 Å². The Kier molecular flexibility index (Phi) is 4.66. The summed E-state index contributed by atoms with van der Waals surface area (Å²) in [7, 11) is 0. The summed E-state index contributed by atoms with van der Waals surface area (Å²) in [4.78, 5) is 3.59. The van der Waals surface area contributed by atoms with Gasteiger partial charge in [-0.3, -0.25) is 5.41 Å². The van der Waals surface area contributed by atoms with Crippen LogP contribution in [0, 0.1) is 18.3 Å². The molecule has 104 valence electrons. The van der Waals surface area contributed by atoms with Crippen LogP contribution in [0.4, 0.5) is 15.8 Å². The molecule has 1 aromatic heterocycles. The fourth-order valence-corrected chi connectivity index (χ4v) is 2.31. The molecule has 0 radical (unpaired) electrons. The van der Waals surface area contributed by atoms with Crippen molar-refractivity contribution in [3.63, 3.8) is 0 Å². The summed E-state index contributed by atoms with van der Waals surface area (Å²) in [6.45, 7) is 1.80. The first-order chi connectivity index (χ1) is 9.52. The van der Waals surface area contributed by atoms with E-state index in [0.29, 0.717) is 9.41 Å². The zero-order valence-electron chi connectivity index (χ0n) is 10.7. The first-order valence-corrected chi connectivity index (χ1v) is 6.97. The van der Waals surface area contributed by atoms with Crippen molar-refractivity contribution < 1.29 is 9.50 Å². The van der Waals surface area contributed by atoms with Gasteiger partial charge in [0, 0.05) is 5.56 Å². The second-order valence-corrected chi connectivity index (χ2v) is 5.32. The average Bonchev–Trinajstić information content (AvgIpc) is 2.43. The highest BCUT2D eigenvalue weighted by Crippen LogP contribution is 2.29. The molecular formula is C14H13FIN3O. The maximum atomic E-state index is 12.8. The van der Waals surface area contributed by atoms with Crippen molar-refractivity contribution in [1.29, 1.82) is 5.41 Å². The van der Waals surface area contributed by atoms with Crippen LogP contribution in [-0.4, -0.2) is 13.8 Å². The summed E-state index contributed by atoms with van der Waals surface area (Å²) < 4.78 is 13.2. The average molecular weight is 385 g/mol. The minimum absolute atomic E-state index is 0.0724. The Labute approximate surface area is 129 Å². The fraction of sp³-hybridized carbons (Fsp3) is 0.143. The van der Waals surface area contributed by atoms with Crippen LogP contribution in [0.1, 0.15) is 16.7 Å². The summed E-state index contributed by atoms with van der Waals surface area (Å²) in [5.74, 6) is -0.543. The predicted molar refractivity (Wildman–Crippen MR) is 85.4 cm³/mol. The van der Waals surface area contributed by atoms with Gasteiger partial charge in [-0.1, -0.05) is 6.07 Å². The Morgan fingerprint density at radius 3 is 2.70 bits per heavy atom. The van der Waals surface area contributed by atoms with Crippen LogP contribution in [0.15, 0.2) is 30.5 Å². The van der Waals surface area contributed by atoms with Gasteiger partial charge in [-0.2, -0.15) is 4.39 Å². The lowest BCUT2D eigenvalue weighted by Gasteiger charge is -2.16. The summed E-state index contributed by atoms with van der Waals surface area (Å²) in [6, 6.07) is 6.43. The molecule has 0 aliphatic carbocycles. The molecule has 0 unspecified atom stereocenters. The Bertz CT molecular complexity index is 644. The maximum Gasteiger partial charge on any atom is 0.212 e. The zero-order chi connectivity index (χ0) is 14.7. The van der Waals surface area contributed by atoms with Crippen molar-refractivity contribution in [1.82, 2.24) is 4.98 Å². The number of aliphatic hydroxyl groups is 1. The molecule has 20 heavy (non-hydrogen) atoms. The highest BCUT2D eigenvalue weighted by atomic mass is 127. The normalized spacial score (nSPS) is 10.4. The number of aliphatic hydroxyl groups excluding tert-OH is 1. The third-order valence-corrected chi connectivity index (χ3v) is 3.56. The van der Waals surface area contributed by atoms with E-state index < -0.39 is 5.95 Å². The number of nitrogens with zero attached hydrogens (tertiary/aromatic N) is 1. The molecule has 0 saturated heterocycles. The van der Waals surface area contributed by atoms with Gasteiger partial charge in [-0.25, -0.2) is 4.98 Å². The molecule has 2 aromatic rings. The minimum atomic E-state index is -0.543. The summed E-state index contributed by atoms with van der Waals surface area (Å²) in [5, 5.41) is 20.3. The number of nitrogens with one attached hydrogen (secondary N) is 2. The monoisotopic (exact) mass is 385 g/mol. The summed E-state index contributed by atoms with van der Waals surface area (Å²) in [6.07, 6.45) is 1.39. The SMILES string of the molecule is Cc1c(CO)ccc(C(=N)I)c1Nc1ccc(F)nc1. The van der Waals surface area contributed by atoms with Crippen molar-refractivity contribution in [3.05, 3.63) is 53.1 Å². The Morgan fingerprint density at radius 2 is 2.15 bits per heavy atom. The van der Waals surface area contributed by atoms with E-state index in [9.17, 15) is 9.50 Å². The van der Waals surface area contributed by atoms with Crippen LogP contribution in [0.3, 0.4) is 0 Å². The van der Waals surface area contributed by atoms with Crippen LogP contribution in [-0.2, 0) is 6.61 Å². The Morgan fingerprint density at radius 1 is 1.40 bits per heavy atom. The van der Waals surface area contributed by atoms with Gasteiger partial charge in [0.2, 0.25) is 5.95 Å². The van der Waals surface area contributed by atoms with E-state index in [2.05, 4.69) is 10.3 Å². The van der Waals surface area contributed by atoms with E-state index in [0.717, 1.165) is 22.4 Å². The van der Waals surface area contributed by atoms with Gasteiger partial charge in [0.05, 0.1) is 24.2 Å². The molecule has 0 atom stereocenters. The smallest absolute Gasteiger partial charge is 0.212 e. The zero-order valence-corrected chi connectivity index (χ0v) is 12.9. The lowest BCUT2D eigenvalue weighted by atomic mass is 10.0. The van der Waals surface area contributed by atoms with Gasteiger partial charge in [-0.15, -0.1) is 0 Å². The van der Waals surface area contributed by atoms with Crippen molar-refractivity contribution in [2.45, 2.75) is 13.5 Å². The third kappa shape index (κ3) is 3.13. The molecular weight excluding hydrogens is 372 g/mol. The minimum Gasteiger partial charge on any atom is -0.392 e. The molecule has 0 amide bonds. The third-order valence-electron chi connectivity index (χ3n) is 2.98. The largest absolute Gasteiger partial charge is 0.392 e. The molecule has 0 saturated carbocycles. The van der Waals surface area contributed by atoms with Gasteiger partial charge < -0.3 is 10.4 Å². The van der Waals surface area contributed by atoms with Crippen molar-refractivity contribution >= 4 is 37.7 Å². The molecule has 0 aliphatic rings. The second-order valence-electron chi connectivity index (χ2n) is 4.24. The molecule has 1 heterocycles. The lowest BCUT2D eigenvalue weighted by molar-refractivity contribution is 0.281. The highest BCUT2D eigenvalue weighted by molar-refractivity contribution is 14.1. The van der Waals surface area contributed by atoms with Crippen LogP contribution >= 0.6 is 22.6 Å². The summed E-state index contributed by atoms with van der Waals surface area (Å²) in [5.41, 5.74) is 3.72. The standard InChI is InChI=1S/C14H13FIN3O/c1-8-9(7-20)2-4-11(14(16)17)13(8)19-10-3-5-12(15)18-6-10/h2-6,17,19-20H,7H2,1H3. The number of rotatable bonds is 4. The number of halogens is 2. The van der Waals surface area contributed by atoms with E-state index in [1.165, 1.54) is 12.3 Å². The number of benzene rings is 1. The van der Waals surface area contributed by atoms with E-state index in [1.807, 2.05) is 29.5 Å². The molecule has 0 fully saturated rings. The maximum absolute atomic E-state index is 12.8. The molecule has 1 aromatic carbocycles. The summed E-state index contributed by atoms with van der Waals surface area (Å²) >= 11 is 1.93. The number of hydrogen-bond donors (Lipinski definition) is 3. The topological polar surface area (TPSA) is 69.0 Å². The predicted octanol–water partition coefficient (Wildman–Crippen LogP) is 3.53.